The van der Waals surface area contributed by atoms with E-state index in [1.807, 2.05) is 0 Å². The zero-order valence-electron chi connectivity index (χ0n) is 10.8. The van der Waals surface area contributed by atoms with Crippen LogP contribution in [0.4, 0.5) is 13.2 Å². The molecule has 21 heavy (non-hydrogen) atoms. The number of carbonyl (C=O) groups is 1. The average Bonchev–Trinajstić information content (AvgIpc) is 2.33. The summed E-state index contributed by atoms with van der Waals surface area (Å²) in [6.07, 6.45) is -4.57. The van der Waals surface area contributed by atoms with Gasteiger partial charge in [-0.05, 0) is 25.1 Å². The van der Waals surface area contributed by atoms with Gasteiger partial charge in [0, 0.05) is 6.54 Å². The van der Waals surface area contributed by atoms with Crippen molar-refractivity contribution in [3.05, 3.63) is 28.8 Å². The summed E-state index contributed by atoms with van der Waals surface area (Å²) in [7, 11) is -4.09. The minimum absolute atomic E-state index is 0.159. The van der Waals surface area contributed by atoms with Crippen molar-refractivity contribution < 1.29 is 26.4 Å². The highest BCUT2D eigenvalue weighted by Gasteiger charge is 2.33. The van der Waals surface area contributed by atoms with Gasteiger partial charge >= 0.3 is 6.18 Å². The van der Waals surface area contributed by atoms with E-state index in [-0.39, 0.29) is 17.1 Å². The molecule has 0 radical (unpaired) electrons. The van der Waals surface area contributed by atoms with Gasteiger partial charge in [0.25, 0.3) is 5.91 Å². The maximum Gasteiger partial charge on any atom is 0.406 e. The number of alkyl halides is 3. The third kappa shape index (κ3) is 4.87. The molecule has 0 unspecified atom stereocenters. The highest BCUT2D eigenvalue weighted by Crippen LogP contribution is 2.23. The number of nitrogens with two attached hydrogens (primary N) is 1. The quantitative estimate of drug-likeness (QED) is 0.907. The van der Waals surface area contributed by atoms with Gasteiger partial charge in [0.1, 0.15) is 6.54 Å². The molecule has 0 heterocycles. The van der Waals surface area contributed by atoms with Gasteiger partial charge in [-0.15, -0.1) is 0 Å². The fourth-order valence-corrected chi connectivity index (χ4v) is 2.30. The highest BCUT2D eigenvalue weighted by atomic mass is 35.5. The molecular formula is C11H12ClF3N2O3S. The standard InChI is InChI=1S/C11H12ClF3N2O3S/c1-2-17(6-11(13,14)15)10(18)8-5-7(21(16,19)20)3-4-9(8)12/h3-5H,2,6H2,1H3,(H2,16,19,20). The zero-order chi connectivity index (χ0) is 16.4. The lowest BCUT2D eigenvalue weighted by atomic mass is 10.2. The van der Waals surface area contributed by atoms with Crippen LogP contribution in [0.2, 0.25) is 5.02 Å². The summed E-state index contributed by atoms with van der Waals surface area (Å²) in [4.78, 5) is 12.2. The van der Waals surface area contributed by atoms with E-state index < -0.39 is 33.5 Å². The normalized spacial score (nSPS) is 12.3. The highest BCUT2D eigenvalue weighted by molar-refractivity contribution is 7.89. The van der Waals surface area contributed by atoms with Crippen molar-refractivity contribution in [1.82, 2.24) is 4.90 Å². The van der Waals surface area contributed by atoms with Crippen LogP contribution in [-0.4, -0.2) is 38.5 Å². The second-order valence-corrected chi connectivity index (χ2v) is 6.09. The van der Waals surface area contributed by atoms with Crippen molar-refractivity contribution in [3.63, 3.8) is 0 Å². The fourth-order valence-electron chi connectivity index (χ4n) is 1.56. The SMILES string of the molecule is CCN(CC(F)(F)F)C(=O)c1cc(S(N)(=O)=O)ccc1Cl. The third-order valence-electron chi connectivity index (χ3n) is 2.54. The van der Waals surface area contributed by atoms with E-state index in [2.05, 4.69) is 0 Å². The van der Waals surface area contributed by atoms with Gasteiger partial charge in [0.05, 0.1) is 15.5 Å². The molecule has 0 aliphatic carbocycles. The first-order valence-electron chi connectivity index (χ1n) is 5.64. The predicted octanol–water partition coefficient (Wildman–Crippen LogP) is 2.01. The van der Waals surface area contributed by atoms with Gasteiger partial charge in [-0.25, -0.2) is 13.6 Å². The Kier molecular flexibility index (Phi) is 5.24. The van der Waals surface area contributed by atoms with Crippen LogP contribution < -0.4 is 5.14 Å². The molecule has 1 aromatic rings. The van der Waals surface area contributed by atoms with Crippen LogP contribution in [0.1, 0.15) is 17.3 Å². The van der Waals surface area contributed by atoms with Crippen LogP contribution in [0.15, 0.2) is 23.1 Å². The van der Waals surface area contributed by atoms with Gasteiger partial charge in [0.15, 0.2) is 0 Å². The molecule has 1 aromatic carbocycles. The van der Waals surface area contributed by atoms with Crippen LogP contribution in [0.3, 0.4) is 0 Å². The lowest BCUT2D eigenvalue weighted by molar-refractivity contribution is -0.140. The molecule has 2 N–H and O–H groups in total. The number of amides is 1. The van der Waals surface area contributed by atoms with Crippen LogP contribution in [0.5, 0.6) is 0 Å². The second kappa shape index (κ2) is 6.20. The first kappa shape index (κ1) is 17.7. The average molecular weight is 345 g/mol. The molecule has 118 valence electrons. The number of hydrogen-bond donors (Lipinski definition) is 1. The van der Waals surface area contributed by atoms with Crippen molar-refractivity contribution in [2.75, 3.05) is 13.1 Å². The van der Waals surface area contributed by atoms with Crippen molar-refractivity contribution in [2.24, 2.45) is 5.14 Å². The molecule has 0 bridgehead atoms. The first-order chi connectivity index (χ1) is 9.45. The lowest BCUT2D eigenvalue weighted by Crippen LogP contribution is -2.39. The van der Waals surface area contributed by atoms with E-state index in [1.165, 1.54) is 6.92 Å². The Morgan fingerprint density at radius 2 is 1.95 bits per heavy atom. The smallest absolute Gasteiger partial charge is 0.330 e. The Labute approximate surface area is 124 Å². The molecule has 0 aromatic heterocycles. The predicted molar refractivity (Wildman–Crippen MR) is 70.5 cm³/mol. The maximum atomic E-state index is 12.4. The summed E-state index contributed by atoms with van der Waals surface area (Å²) in [5.41, 5.74) is -0.353. The summed E-state index contributed by atoms with van der Waals surface area (Å²) < 4.78 is 59.6. The number of primary sulfonamides is 1. The summed E-state index contributed by atoms with van der Waals surface area (Å²) in [5.74, 6) is -1.02. The topological polar surface area (TPSA) is 80.5 Å². The monoisotopic (exact) mass is 344 g/mol. The molecule has 0 fully saturated rings. The summed E-state index contributed by atoms with van der Waals surface area (Å²) in [6, 6.07) is 3.02. The molecule has 1 amide bonds. The summed E-state index contributed by atoms with van der Waals surface area (Å²) >= 11 is 5.75. The molecule has 10 heteroatoms. The Morgan fingerprint density at radius 3 is 2.38 bits per heavy atom. The van der Waals surface area contributed by atoms with Crippen molar-refractivity contribution >= 4 is 27.5 Å². The fraction of sp³-hybridized carbons (Fsp3) is 0.364. The van der Waals surface area contributed by atoms with E-state index in [9.17, 15) is 26.4 Å². The molecule has 0 saturated carbocycles. The van der Waals surface area contributed by atoms with Crippen molar-refractivity contribution in [2.45, 2.75) is 18.0 Å². The van der Waals surface area contributed by atoms with Gasteiger partial charge < -0.3 is 4.90 Å². The molecule has 0 aliphatic heterocycles. The largest absolute Gasteiger partial charge is 0.406 e. The minimum Gasteiger partial charge on any atom is -0.330 e. The third-order valence-corrected chi connectivity index (χ3v) is 3.78. The van der Waals surface area contributed by atoms with Gasteiger partial charge in [-0.3, -0.25) is 4.79 Å². The van der Waals surface area contributed by atoms with Crippen molar-refractivity contribution in [1.29, 1.82) is 0 Å². The molecule has 1 rings (SSSR count). The first-order valence-corrected chi connectivity index (χ1v) is 7.56. The van der Waals surface area contributed by atoms with Crippen LogP contribution in [0.25, 0.3) is 0 Å². The molecule has 0 spiro atoms. The molecule has 0 atom stereocenters. The van der Waals surface area contributed by atoms with E-state index in [0.29, 0.717) is 4.90 Å². The van der Waals surface area contributed by atoms with Gasteiger partial charge in [-0.2, -0.15) is 13.2 Å². The Hall–Kier alpha value is -1.32. The van der Waals surface area contributed by atoms with Crippen molar-refractivity contribution in [3.8, 4) is 0 Å². The van der Waals surface area contributed by atoms with E-state index >= 15 is 0 Å². The van der Waals surface area contributed by atoms with Crippen LogP contribution >= 0.6 is 11.6 Å². The van der Waals surface area contributed by atoms with E-state index in [0.717, 1.165) is 18.2 Å². The van der Waals surface area contributed by atoms with Gasteiger partial charge in [0.2, 0.25) is 10.0 Å². The molecule has 0 aliphatic rings. The number of sulfonamides is 1. The minimum atomic E-state index is -4.57. The number of rotatable bonds is 4. The van der Waals surface area contributed by atoms with E-state index in [4.69, 9.17) is 16.7 Å². The molecule has 0 saturated heterocycles. The Bertz CT molecular complexity index is 647. The maximum absolute atomic E-state index is 12.4. The number of nitrogens with zero attached hydrogens (tertiary/aromatic N) is 1. The number of benzene rings is 1. The van der Waals surface area contributed by atoms with Crippen LogP contribution in [0, 0.1) is 0 Å². The Morgan fingerprint density at radius 1 is 1.38 bits per heavy atom. The zero-order valence-corrected chi connectivity index (χ0v) is 12.4. The summed E-state index contributed by atoms with van der Waals surface area (Å²) in [6.45, 7) is -0.312. The summed E-state index contributed by atoms with van der Waals surface area (Å²) in [5, 5.41) is 4.75. The Balaban J connectivity index is 3.22. The number of halogens is 4. The number of hydrogen-bond acceptors (Lipinski definition) is 3. The van der Waals surface area contributed by atoms with E-state index in [1.54, 1.807) is 0 Å². The number of carbonyl (C=O) groups excluding carboxylic acids is 1. The van der Waals surface area contributed by atoms with Crippen LogP contribution in [-0.2, 0) is 10.0 Å². The lowest BCUT2D eigenvalue weighted by Gasteiger charge is -2.23. The van der Waals surface area contributed by atoms with Gasteiger partial charge in [-0.1, -0.05) is 11.6 Å². The molecular weight excluding hydrogens is 333 g/mol. The molecule has 5 nitrogen and oxygen atoms in total. The second-order valence-electron chi connectivity index (χ2n) is 4.12.